The number of nitrogens with zero attached hydrogens (tertiary/aromatic N) is 3. The van der Waals surface area contributed by atoms with E-state index in [2.05, 4.69) is 14.4 Å². The van der Waals surface area contributed by atoms with E-state index in [0.717, 1.165) is 12.1 Å². The third kappa shape index (κ3) is 3.13. The summed E-state index contributed by atoms with van der Waals surface area (Å²) in [5, 5.41) is 10.4. The molecule has 0 aromatic carbocycles. The summed E-state index contributed by atoms with van der Waals surface area (Å²) in [7, 11) is 0. The van der Waals surface area contributed by atoms with E-state index in [1.54, 1.807) is 0 Å². The van der Waals surface area contributed by atoms with E-state index >= 15 is 0 Å². The number of hydrogen-bond donors (Lipinski definition) is 0. The van der Waals surface area contributed by atoms with Gasteiger partial charge in [-0.05, 0) is 12.1 Å². The van der Waals surface area contributed by atoms with Gasteiger partial charge in [-0.3, -0.25) is 19.7 Å². The van der Waals surface area contributed by atoms with Gasteiger partial charge in [-0.25, -0.2) is 9.98 Å². The normalized spacial score (nSPS) is 16.8. The molecule has 11 heteroatoms. The van der Waals surface area contributed by atoms with Gasteiger partial charge in [0.05, 0.1) is 11.6 Å². The first-order valence-corrected chi connectivity index (χ1v) is 5.43. The summed E-state index contributed by atoms with van der Waals surface area (Å²) < 4.78 is 42.0. The Bertz CT molecular complexity index is 757. The molecule has 1 aliphatic heterocycles. The van der Waals surface area contributed by atoms with Gasteiger partial charge in [0.15, 0.2) is 0 Å². The van der Waals surface area contributed by atoms with E-state index in [1.165, 1.54) is 0 Å². The van der Waals surface area contributed by atoms with Crippen molar-refractivity contribution in [2.45, 2.75) is 6.18 Å². The molecule has 0 saturated carbocycles. The van der Waals surface area contributed by atoms with Crippen LogP contribution in [0.2, 0.25) is 0 Å². The zero-order chi connectivity index (χ0) is 16.5. The Morgan fingerprint density at radius 2 is 2.05 bits per heavy atom. The van der Waals surface area contributed by atoms with Gasteiger partial charge in [0.2, 0.25) is 5.76 Å². The van der Waals surface area contributed by atoms with Crippen LogP contribution in [-0.4, -0.2) is 34.8 Å². The summed E-state index contributed by atoms with van der Waals surface area (Å²) in [6.07, 6.45) is -4.11. The van der Waals surface area contributed by atoms with E-state index in [1.807, 2.05) is 0 Å². The van der Waals surface area contributed by atoms with E-state index in [9.17, 15) is 32.9 Å². The molecule has 8 nitrogen and oxygen atoms in total. The number of carbonyl (C=O) groups is 2. The highest BCUT2D eigenvalue weighted by Crippen LogP contribution is 2.25. The lowest BCUT2D eigenvalue weighted by Gasteiger charge is -2.10. The lowest BCUT2D eigenvalue weighted by molar-refractivity contribution is -0.402. The summed E-state index contributed by atoms with van der Waals surface area (Å²) in [5.41, 5.74) is -2.11. The van der Waals surface area contributed by atoms with Crippen molar-refractivity contribution in [1.82, 2.24) is 0 Å². The molecular weight excluding hydrogens is 311 g/mol. The van der Waals surface area contributed by atoms with Gasteiger partial charge >= 0.3 is 18.0 Å². The zero-order valence-corrected chi connectivity index (χ0v) is 10.3. The van der Waals surface area contributed by atoms with Crippen LogP contribution in [0.1, 0.15) is 10.6 Å². The Morgan fingerprint density at radius 1 is 1.36 bits per heavy atom. The predicted octanol–water partition coefficient (Wildman–Crippen LogP) is 1.87. The maximum Gasteiger partial charge on any atom is 0.433 e. The molecule has 0 aliphatic carbocycles. The molecule has 1 aliphatic rings. The maximum atomic E-state index is 12.5. The highest BCUT2D eigenvalue weighted by Gasteiger charge is 2.35. The van der Waals surface area contributed by atoms with Crippen LogP contribution in [0.3, 0.4) is 0 Å². The third-order valence-electron chi connectivity index (χ3n) is 2.36. The molecule has 2 amide bonds. The van der Waals surface area contributed by atoms with Crippen LogP contribution in [0, 0.1) is 10.1 Å². The van der Waals surface area contributed by atoms with Crippen LogP contribution in [0.4, 0.5) is 19.1 Å². The summed E-state index contributed by atoms with van der Waals surface area (Å²) >= 11 is 0. The highest BCUT2D eigenvalue weighted by atomic mass is 19.4. The second-order valence-electron chi connectivity index (χ2n) is 3.86. The van der Waals surface area contributed by atoms with Crippen LogP contribution in [0.25, 0.3) is 0 Å². The van der Waals surface area contributed by atoms with Gasteiger partial charge in [-0.1, -0.05) is 0 Å². The van der Waals surface area contributed by atoms with Crippen LogP contribution in [0.5, 0.6) is 0 Å². The second kappa shape index (κ2) is 5.35. The number of rotatable bonds is 2. The van der Waals surface area contributed by atoms with Crippen LogP contribution in [-0.2, 0) is 4.79 Å². The minimum Gasteiger partial charge on any atom is -0.395 e. The molecule has 0 bridgehead atoms. The summed E-state index contributed by atoms with van der Waals surface area (Å²) in [4.78, 5) is 38.5. The Morgan fingerprint density at radius 3 is 2.59 bits per heavy atom. The van der Waals surface area contributed by atoms with Crippen molar-refractivity contribution in [3.8, 4) is 0 Å². The monoisotopic (exact) mass is 315 g/mol. The fraction of sp³-hybridized carbons (Fsp3) is 0.0909. The Kier molecular flexibility index (Phi) is 3.72. The molecule has 0 radical (unpaired) electrons. The Balaban J connectivity index is 2.32. The first kappa shape index (κ1) is 15.3. The Labute approximate surface area is 118 Å². The number of amides is 2. The quantitative estimate of drug-likeness (QED) is 0.610. The fourth-order valence-electron chi connectivity index (χ4n) is 1.38. The molecule has 22 heavy (non-hydrogen) atoms. The minimum atomic E-state index is -4.77. The third-order valence-corrected chi connectivity index (χ3v) is 2.36. The van der Waals surface area contributed by atoms with Crippen molar-refractivity contribution in [2.24, 2.45) is 9.98 Å². The van der Waals surface area contributed by atoms with Gasteiger partial charge in [0, 0.05) is 6.21 Å². The molecule has 0 atom stereocenters. The summed E-state index contributed by atoms with van der Waals surface area (Å²) in [6, 6.07) is 1.78. The molecule has 0 saturated heterocycles. The van der Waals surface area contributed by atoms with Crippen molar-refractivity contribution < 1.29 is 32.1 Å². The van der Waals surface area contributed by atoms with E-state index in [-0.39, 0.29) is 0 Å². The van der Waals surface area contributed by atoms with Crippen LogP contribution in [0.15, 0.2) is 38.2 Å². The number of allylic oxidation sites excluding steroid dienone is 1. The SMILES string of the molecule is O=C1N=CC(C(F)(F)F)=CC1=NC(=O)c1ccc([N+](=O)[O-])o1. The molecule has 1 aromatic heterocycles. The minimum absolute atomic E-state index is 0.309. The van der Waals surface area contributed by atoms with Crippen LogP contribution < -0.4 is 0 Å². The van der Waals surface area contributed by atoms with Crippen molar-refractivity contribution in [3.63, 3.8) is 0 Å². The number of hydrogen-bond acceptors (Lipinski definition) is 5. The molecule has 2 heterocycles. The zero-order valence-electron chi connectivity index (χ0n) is 10.3. The summed E-state index contributed by atoms with van der Waals surface area (Å²) in [6.45, 7) is 0. The summed E-state index contributed by atoms with van der Waals surface area (Å²) in [5.74, 6) is -3.74. The van der Waals surface area contributed by atoms with E-state index < -0.39 is 45.8 Å². The number of nitro groups is 1. The van der Waals surface area contributed by atoms with E-state index in [4.69, 9.17) is 0 Å². The second-order valence-corrected chi connectivity index (χ2v) is 3.86. The van der Waals surface area contributed by atoms with Crippen molar-refractivity contribution in [2.75, 3.05) is 0 Å². The maximum absolute atomic E-state index is 12.5. The molecule has 114 valence electrons. The average Bonchev–Trinajstić information content (AvgIpc) is 2.89. The smallest absolute Gasteiger partial charge is 0.395 e. The molecule has 0 unspecified atom stereocenters. The lowest BCUT2D eigenvalue weighted by Crippen LogP contribution is -2.23. The number of dihydropyridines is 1. The van der Waals surface area contributed by atoms with Crippen LogP contribution >= 0.6 is 0 Å². The lowest BCUT2D eigenvalue weighted by atomic mass is 10.1. The number of carbonyl (C=O) groups excluding carboxylic acids is 2. The largest absolute Gasteiger partial charge is 0.433 e. The van der Waals surface area contributed by atoms with Gasteiger partial charge in [0.1, 0.15) is 10.6 Å². The number of halogens is 3. The van der Waals surface area contributed by atoms with Gasteiger partial charge in [-0.2, -0.15) is 13.2 Å². The molecule has 0 spiro atoms. The first-order valence-electron chi connectivity index (χ1n) is 5.43. The highest BCUT2D eigenvalue weighted by molar-refractivity contribution is 6.48. The first-order chi connectivity index (χ1) is 10.2. The molecule has 1 aromatic rings. The van der Waals surface area contributed by atoms with Crippen molar-refractivity contribution in [1.29, 1.82) is 0 Å². The molecule has 0 fully saturated rings. The van der Waals surface area contributed by atoms with Gasteiger partial charge in [-0.15, -0.1) is 0 Å². The Hall–Kier alpha value is -3.11. The molecule has 0 N–H and O–H groups in total. The predicted molar refractivity (Wildman–Crippen MR) is 64.8 cm³/mol. The molecular formula is C11H4F3N3O5. The van der Waals surface area contributed by atoms with Gasteiger partial charge in [0.25, 0.3) is 5.91 Å². The average molecular weight is 315 g/mol. The van der Waals surface area contributed by atoms with Crippen molar-refractivity contribution in [3.05, 3.63) is 39.7 Å². The molecule has 2 rings (SSSR count). The number of furan rings is 1. The van der Waals surface area contributed by atoms with Crippen molar-refractivity contribution >= 4 is 29.6 Å². The number of aliphatic imine (C=N–C) groups is 2. The topological polar surface area (TPSA) is 115 Å². The standard InChI is InChI=1S/C11H4F3N3O5/c12-11(13,14)5-3-6(9(18)15-4-5)16-10(19)7-1-2-8(22-7)17(20)21/h1-4H. The van der Waals surface area contributed by atoms with E-state index in [0.29, 0.717) is 12.3 Å². The van der Waals surface area contributed by atoms with Gasteiger partial charge < -0.3 is 4.42 Å². The number of alkyl halides is 3. The fourth-order valence-corrected chi connectivity index (χ4v) is 1.38.